The summed E-state index contributed by atoms with van der Waals surface area (Å²) in [5.74, 6) is 0.0594. The van der Waals surface area contributed by atoms with Gasteiger partial charge in [0.2, 0.25) is 0 Å². The normalized spacial score (nSPS) is 10.2. The van der Waals surface area contributed by atoms with Gasteiger partial charge in [0.25, 0.3) is 0 Å². The van der Waals surface area contributed by atoms with Crippen LogP contribution in [0.3, 0.4) is 0 Å². The number of carboxylic acid groups (broad SMARTS) is 1. The highest BCUT2D eigenvalue weighted by Gasteiger charge is 2.16. The van der Waals surface area contributed by atoms with Crippen molar-refractivity contribution in [1.29, 1.82) is 0 Å². The van der Waals surface area contributed by atoms with Gasteiger partial charge >= 0.3 is 5.97 Å². The van der Waals surface area contributed by atoms with Gasteiger partial charge in [-0.25, -0.2) is 4.79 Å². The van der Waals surface area contributed by atoms with Crippen LogP contribution in [0.25, 0.3) is 0 Å². The molecule has 1 N–H and O–H groups in total. The summed E-state index contributed by atoms with van der Waals surface area (Å²) < 4.78 is 10.5. The molecule has 0 saturated carbocycles. The lowest BCUT2D eigenvalue weighted by atomic mass is 9.99. The van der Waals surface area contributed by atoms with E-state index in [9.17, 15) is 9.90 Å². The van der Waals surface area contributed by atoms with Crippen LogP contribution in [0.1, 0.15) is 21.5 Å². The molecule has 0 atom stereocenters. The molecular weight excluding hydrogens is 292 g/mol. The Bertz CT molecular complexity index is 667. The largest absolute Gasteiger partial charge is 0.495 e. The van der Waals surface area contributed by atoms with Crippen molar-refractivity contribution >= 4 is 17.6 Å². The third-order valence-electron chi connectivity index (χ3n) is 3.20. The van der Waals surface area contributed by atoms with Gasteiger partial charge in [-0.2, -0.15) is 0 Å². The van der Waals surface area contributed by atoms with E-state index in [0.717, 1.165) is 5.56 Å². The van der Waals surface area contributed by atoms with Crippen molar-refractivity contribution in [3.8, 4) is 11.5 Å². The second-order valence-corrected chi connectivity index (χ2v) is 4.79. The molecule has 5 heteroatoms. The predicted octanol–water partition coefficient (Wildman–Crippen LogP) is 3.65. The fraction of sp³-hybridized carbons (Fsp3) is 0.188. The van der Waals surface area contributed by atoms with Crippen molar-refractivity contribution in [1.82, 2.24) is 0 Å². The highest BCUT2D eigenvalue weighted by Crippen LogP contribution is 2.37. The SMILES string of the molecule is COc1ccc(Cc2ccccc2C(=O)O)c(OC)c1Cl. The molecule has 0 aliphatic carbocycles. The minimum absolute atomic E-state index is 0.270. The first-order valence-electron chi connectivity index (χ1n) is 6.29. The topological polar surface area (TPSA) is 55.8 Å². The van der Waals surface area contributed by atoms with E-state index in [4.69, 9.17) is 21.1 Å². The van der Waals surface area contributed by atoms with Gasteiger partial charge in [0.15, 0.2) is 0 Å². The minimum atomic E-state index is -0.954. The number of carboxylic acids is 1. The lowest BCUT2D eigenvalue weighted by Crippen LogP contribution is -2.04. The number of benzene rings is 2. The molecule has 0 aromatic heterocycles. The molecule has 0 saturated heterocycles. The zero-order valence-electron chi connectivity index (χ0n) is 11.7. The summed E-state index contributed by atoms with van der Waals surface area (Å²) in [7, 11) is 3.05. The molecule has 0 aliphatic heterocycles. The Labute approximate surface area is 127 Å². The Kier molecular flexibility index (Phi) is 4.70. The second-order valence-electron chi connectivity index (χ2n) is 4.41. The van der Waals surface area contributed by atoms with Gasteiger partial charge in [-0.3, -0.25) is 0 Å². The minimum Gasteiger partial charge on any atom is -0.495 e. The van der Waals surface area contributed by atoms with E-state index in [1.165, 1.54) is 14.2 Å². The van der Waals surface area contributed by atoms with Crippen LogP contribution in [0.15, 0.2) is 36.4 Å². The van der Waals surface area contributed by atoms with E-state index in [2.05, 4.69) is 0 Å². The number of halogens is 1. The number of hydrogen-bond acceptors (Lipinski definition) is 3. The van der Waals surface area contributed by atoms with Crippen molar-refractivity contribution in [2.75, 3.05) is 14.2 Å². The summed E-state index contributed by atoms with van der Waals surface area (Å²) in [6, 6.07) is 10.4. The number of rotatable bonds is 5. The fourth-order valence-electron chi connectivity index (χ4n) is 2.18. The lowest BCUT2D eigenvalue weighted by Gasteiger charge is -2.14. The van der Waals surface area contributed by atoms with Crippen LogP contribution < -0.4 is 9.47 Å². The van der Waals surface area contributed by atoms with Crippen LogP contribution in [0.5, 0.6) is 11.5 Å². The van der Waals surface area contributed by atoms with E-state index in [0.29, 0.717) is 28.5 Å². The first-order chi connectivity index (χ1) is 10.1. The van der Waals surface area contributed by atoms with Gasteiger partial charge in [0.1, 0.15) is 16.5 Å². The lowest BCUT2D eigenvalue weighted by molar-refractivity contribution is 0.0696. The molecule has 0 radical (unpaired) electrons. The average molecular weight is 307 g/mol. The second kappa shape index (κ2) is 6.50. The van der Waals surface area contributed by atoms with Crippen molar-refractivity contribution in [3.05, 3.63) is 58.1 Å². The monoisotopic (exact) mass is 306 g/mol. The molecule has 2 aromatic rings. The summed E-state index contributed by atoms with van der Waals surface area (Å²) in [6.07, 6.45) is 0.412. The van der Waals surface area contributed by atoms with Crippen LogP contribution in [0.2, 0.25) is 5.02 Å². The fourth-order valence-corrected chi connectivity index (χ4v) is 2.52. The molecule has 0 aliphatic rings. The molecular formula is C16H15ClO4. The van der Waals surface area contributed by atoms with E-state index in [1.54, 1.807) is 30.3 Å². The Balaban J connectivity index is 2.45. The van der Waals surface area contributed by atoms with Crippen LogP contribution in [0.4, 0.5) is 0 Å². The maximum atomic E-state index is 11.3. The molecule has 0 heterocycles. The van der Waals surface area contributed by atoms with Crippen molar-refractivity contribution in [2.45, 2.75) is 6.42 Å². The van der Waals surface area contributed by atoms with Gasteiger partial charge in [0.05, 0.1) is 19.8 Å². The standard InChI is InChI=1S/C16H15ClO4/c1-20-13-8-7-11(15(21-2)14(13)17)9-10-5-3-4-6-12(10)16(18)19/h3-8H,9H2,1-2H3,(H,18,19). The van der Waals surface area contributed by atoms with Crippen LogP contribution in [-0.4, -0.2) is 25.3 Å². The Morgan fingerprint density at radius 1 is 1.10 bits per heavy atom. The predicted molar refractivity (Wildman–Crippen MR) is 80.8 cm³/mol. The highest BCUT2D eigenvalue weighted by molar-refractivity contribution is 6.33. The molecule has 2 rings (SSSR count). The molecule has 0 fully saturated rings. The van der Waals surface area contributed by atoms with Crippen molar-refractivity contribution in [2.24, 2.45) is 0 Å². The number of ether oxygens (including phenoxy) is 2. The smallest absolute Gasteiger partial charge is 0.335 e. The summed E-state index contributed by atoms with van der Waals surface area (Å²) >= 11 is 6.22. The maximum Gasteiger partial charge on any atom is 0.335 e. The van der Waals surface area contributed by atoms with E-state index in [1.807, 2.05) is 6.07 Å². The molecule has 4 nitrogen and oxygen atoms in total. The van der Waals surface area contributed by atoms with Crippen LogP contribution >= 0.6 is 11.6 Å². The van der Waals surface area contributed by atoms with Crippen LogP contribution in [0, 0.1) is 0 Å². The number of hydrogen-bond donors (Lipinski definition) is 1. The first kappa shape index (κ1) is 15.2. The van der Waals surface area contributed by atoms with Gasteiger partial charge in [-0.1, -0.05) is 35.9 Å². The van der Waals surface area contributed by atoms with Gasteiger partial charge < -0.3 is 14.6 Å². The van der Waals surface area contributed by atoms with Crippen molar-refractivity contribution < 1.29 is 19.4 Å². The van der Waals surface area contributed by atoms with Crippen molar-refractivity contribution in [3.63, 3.8) is 0 Å². The zero-order chi connectivity index (χ0) is 15.4. The van der Waals surface area contributed by atoms with Gasteiger partial charge in [-0.05, 0) is 17.7 Å². The zero-order valence-corrected chi connectivity index (χ0v) is 12.5. The summed E-state index contributed by atoms with van der Waals surface area (Å²) in [6.45, 7) is 0. The number of aromatic carboxylic acids is 1. The van der Waals surface area contributed by atoms with E-state index in [-0.39, 0.29) is 5.56 Å². The maximum absolute atomic E-state index is 11.3. The van der Waals surface area contributed by atoms with Gasteiger partial charge in [0, 0.05) is 12.0 Å². The first-order valence-corrected chi connectivity index (χ1v) is 6.66. The van der Waals surface area contributed by atoms with E-state index < -0.39 is 5.97 Å². The molecule has 0 spiro atoms. The summed E-state index contributed by atoms with van der Waals surface area (Å²) in [5, 5.41) is 9.61. The number of carbonyl (C=O) groups is 1. The third kappa shape index (κ3) is 3.11. The third-order valence-corrected chi connectivity index (χ3v) is 3.55. The van der Waals surface area contributed by atoms with Crippen LogP contribution in [-0.2, 0) is 6.42 Å². The summed E-state index contributed by atoms with van der Waals surface area (Å²) in [4.78, 5) is 11.3. The highest BCUT2D eigenvalue weighted by atomic mass is 35.5. The quantitative estimate of drug-likeness (QED) is 0.916. The molecule has 21 heavy (non-hydrogen) atoms. The Hall–Kier alpha value is -2.20. The molecule has 0 unspecified atom stereocenters. The van der Waals surface area contributed by atoms with E-state index >= 15 is 0 Å². The number of methoxy groups -OCH3 is 2. The average Bonchev–Trinajstić information content (AvgIpc) is 2.48. The molecule has 2 aromatic carbocycles. The molecule has 110 valence electrons. The van der Waals surface area contributed by atoms with Gasteiger partial charge in [-0.15, -0.1) is 0 Å². The molecule has 0 bridgehead atoms. The Morgan fingerprint density at radius 3 is 2.43 bits per heavy atom. The summed E-state index contributed by atoms with van der Waals surface area (Å²) in [5.41, 5.74) is 1.77. The Morgan fingerprint density at radius 2 is 1.81 bits per heavy atom. The molecule has 0 amide bonds.